The largest absolute Gasteiger partial charge is 0.480 e. The number of hydrogen-bond donors (Lipinski definition) is 2. The second-order valence-corrected chi connectivity index (χ2v) is 4.72. The molecule has 0 unspecified atom stereocenters. The zero-order valence-electron chi connectivity index (χ0n) is 10.3. The molecule has 1 aromatic heterocycles. The van der Waals surface area contributed by atoms with Gasteiger partial charge in [0.1, 0.15) is 11.2 Å². The maximum Gasteiger partial charge on any atom is 0.329 e. The SMILES string of the molecule is Cc1cccnc1C(=O)NC1(C(=O)O)CCCC1. The third-order valence-electron chi connectivity index (χ3n) is 3.44. The number of hydrogen-bond acceptors (Lipinski definition) is 3. The lowest BCUT2D eigenvalue weighted by Gasteiger charge is -2.25. The van der Waals surface area contributed by atoms with Crippen LogP contribution < -0.4 is 5.32 Å². The van der Waals surface area contributed by atoms with Crippen molar-refractivity contribution >= 4 is 11.9 Å². The number of pyridine rings is 1. The molecule has 2 rings (SSSR count). The number of aromatic nitrogens is 1. The molecule has 1 aromatic rings. The van der Waals surface area contributed by atoms with Gasteiger partial charge in [0.25, 0.3) is 5.91 Å². The zero-order valence-corrected chi connectivity index (χ0v) is 10.3. The molecular weight excluding hydrogens is 232 g/mol. The predicted octanol–water partition coefficient (Wildman–Crippen LogP) is 1.52. The lowest BCUT2D eigenvalue weighted by atomic mass is 9.97. The van der Waals surface area contributed by atoms with Gasteiger partial charge in [0.15, 0.2) is 0 Å². The fraction of sp³-hybridized carbons (Fsp3) is 0.462. The maximum absolute atomic E-state index is 12.1. The van der Waals surface area contributed by atoms with Gasteiger partial charge in [-0.2, -0.15) is 0 Å². The summed E-state index contributed by atoms with van der Waals surface area (Å²) in [5.41, 5.74) is -0.0697. The van der Waals surface area contributed by atoms with Crippen LogP contribution >= 0.6 is 0 Å². The molecule has 5 heteroatoms. The lowest BCUT2D eigenvalue weighted by Crippen LogP contribution is -2.52. The number of carbonyl (C=O) groups is 2. The van der Waals surface area contributed by atoms with Gasteiger partial charge in [-0.1, -0.05) is 18.9 Å². The molecule has 2 N–H and O–H groups in total. The van der Waals surface area contributed by atoms with Crippen LogP contribution in [0.4, 0.5) is 0 Å². The summed E-state index contributed by atoms with van der Waals surface area (Å²) in [7, 11) is 0. The first kappa shape index (κ1) is 12.5. The molecule has 1 fully saturated rings. The van der Waals surface area contributed by atoms with Gasteiger partial charge in [-0.15, -0.1) is 0 Å². The highest BCUT2D eigenvalue weighted by atomic mass is 16.4. The molecule has 1 saturated carbocycles. The normalized spacial score (nSPS) is 17.4. The van der Waals surface area contributed by atoms with E-state index in [4.69, 9.17) is 0 Å². The van der Waals surface area contributed by atoms with Crippen molar-refractivity contribution in [1.29, 1.82) is 0 Å². The van der Waals surface area contributed by atoms with Crippen LogP contribution in [0.2, 0.25) is 0 Å². The summed E-state index contributed by atoms with van der Waals surface area (Å²) in [4.78, 5) is 27.4. The van der Waals surface area contributed by atoms with Crippen molar-refractivity contribution in [3.05, 3.63) is 29.6 Å². The Labute approximate surface area is 105 Å². The number of carboxylic acid groups (broad SMARTS) is 1. The highest BCUT2D eigenvalue weighted by molar-refractivity contribution is 5.97. The van der Waals surface area contributed by atoms with E-state index >= 15 is 0 Å². The van der Waals surface area contributed by atoms with E-state index in [1.807, 2.05) is 0 Å². The Hall–Kier alpha value is -1.91. The van der Waals surface area contributed by atoms with Crippen LogP contribution in [0.1, 0.15) is 41.7 Å². The molecule has 1 aliphatic carbocycles. The summed E-state index contributed by atoms with van der Waals surface area (Å²) in [6.45, 7) is 1.78. The van der Waals surface area contributed by atoms with Gasteiger partial charge in [0, 0.05) is 6.20 Å². The van der Waals surface area contributed by atoms with Crippen LogP contribution in [0, 0.1) is 6.92 Å². The van der Waals surface area contributed by atoms with Crippen LogP contribution in [0.3, 0.4) is 0 Å². The molecule has 1 aliphatic rings. The Morgan fingerprint density at radius 2 is 2.06 bits per heavy atom. The van der Waals surface area contributed by atoms with Gasteiger partial charge in [0.2, 0.25) is 0 Å². The number of rotatable bonds is 3. The van der Waals surface area contributed by atoms with Crippen molar-refractivity contribution in [2.75, 3.05) is 0 Å². The predicted molar refractivity (Wildman–Crippen MR) is 65.3 cm³/mol. The summed E-state index contributed by atoms with van der Waals surface area (Å²) in [5.74, 6) is -1.36. The minimum Gasteiger partial charge on any atom is -0.480 e. The smallest absolute Gasteiger partial charge is 0.329 e. The van der Waals surface area contributed by atoms with Crippen molar-refractivity contribution in [3.8, 4) is 0 Å². The van der Waals surface area contributed by atoms with Gasteiger partial charge in [-0.3, -0.25) is 9.78 Å². The lowest BCUT2D eigenvalue weighted by molar-refractivity contribution is -0.144. The van der Waals surface area contributed by atoms with Gasteiger partial charge in [0.05, 0.1) is 0 Å². The maximum atomic E-state index is 12.1. The van der Waals surface area contributed by atoms with Crippen molar-refractivity contribution in [2.24, 2.45) is 0 Å². The van der Waals surface area contributed by atoms with Crippen molar-refractivity contribution in [1.82, 2.24) is 10.3 Å². The van der Waals surface area contributed by atoms with Gasteiger partial charge in [-0.25, -0.2) is 4.79 Å². The summed E-state index contributed by atoms with van der Waals surface area (Å²) >= 11 is 0. The molecule has 1 heterocycles. The number of nitrogens with zero attached hydrogens (tertiary/aromatic N) is 1. The summed E-state index contributed by atoms with van der Waals surface area (Å²) in [6, 6.07) is 3.53. The Morgan fingerprint density at radius 1 is 1.39 bits per heavy atom. The molecule has 0 aliphatic heterocycles. The fourth-order valence-electron chi connectivity index (χ4n) is 2.37. The number of amides is 1. The molecule has 18 heavy (non-hydrogen) atoms. The average molecular weight is 248 g/mol. The van der Waals surface area contributed by atoms with Crippen LogP contribution in [-0.2, 0) is 4.79 Å². The van der Waals surface area contributed by atoms with Gasteiger partial charge < -0.3 is 10.4 Å². The Morgan fingerprint density at radius 3 is 2.61 bits per heavy atom. The van der Waals surface area contributed by atoms with E-state index in [-0.39, 0.29) is 0 Å². The molecule has 0 radical (unpaired) electrons. The molecule has 5 nitrogen and oxygen atoms in total. The molecule has 0 aromatic carbocycles. The number of nitrogens with one attached hydrogen (secondary N) is 1. The molecule has 0 bridgehead atoms. The average Bonchev–Trinajstić information content (AvgIpc) is 2.79. The summed E-state index contributed by atoms with van der Waals surface area (Å²) in [5, 5.41) is 11.9. The van der Waals surface area contributed by atoms with Crippen molar-refractivity contribution < 1.29 is 14.7 Å². The quantitative estimate of drug-likeness (QED) is 0.850. The molecule has 0 atom stereocenters. The zero-order chi connectivity index (χ0) is 13.2. The third-order valence-corrected chi connectivity index (χ3v) is 3.44. The van der Waals surface area contributed by atoms with Gasteiger partial charge in [-0.05, 0) is 31.4 Å². The summed E-state index contributed by atoms with van der Waals surface area (Å²) < 4.78 is 0. The number of carbonyl (C=O) groups excluding carboxylic acids is 1. The molecule has 0 spiro atoms. The van der Waals surface area contributed by atoms with Crippen LogP contribution in [-0.4, -0.2) is 27.5 Å². The topological polar surface area (TPSA) is 79.3 Å². The Bertz CT molecular complexity index is 479. The monoisotopic (exact) mass is 248 g/mol. The van der Waals surface area contributed by atoms with Crippen molar-refractivity contribution in [2.45, 2.75) is 38.1 Å². The van der Waals surface area contributed by atoms with Gasteiger partial charge >= 0.3 is 5.97 Å². The van der Waals surface area contributed by atoms with Crippen molar-refractivity contribution in [3.63, 3.8) is 0 Å². The van der Waals surface area contributed by atoms with Crippen LogP contribution in [0.15, 0.2) is 18.3 Å². The van der Waals surface area contributed by atoms with E-state index in [9.17, 15) is 14.7 Å². The molecule has 1 amide bonds. The number of aryl methyl sites for hydroxylation is 1. The first-order chi connectivity index (χ1) is 8.55. The standard InChI is InChI=1S/C13H16N2O3/c1-9-5-4-8-14-10(9)11(16)15-13(12(17)18)6-2-3-7-13/h4-5,8H,2-3,6-7H2,1H3,(H,15,16)(H,17,18). The molecule has 96 valence electrons. The minimum absolute atomic E-state index is 0.296. The Kier molecular flexibility index (Phi) is 3.32. The third kappa shape index (κ3) is 2.20. The second kappa shape index (κ2) is 4.76. The van der Waals surface area contributed by atoms with E-state index in [1.165, 1.54) is 6.20 Å². The summed E-state index contributed by atoms with van der Waals surface area (Å²) in [6.07, 6.45) is 4.16. The van der Waals surface area contributed by atoms with E-state index in [2.05, 4.69) is 10.3 Å². The van der Waals surface area contributed by atoms with E-state index in [0.29, 0.717) is 18.5 Å². The van der Waals surface area contributed by atoms with Crippen LogP contribution in [0.5, 0.6) is 0 Å². The molecular formula is C13H16N2O3. The first-order valence-corrected chi connectivity index (χ1v) is 6.03. The second-order valence-electron chi connectivity index (χ2n) is 4.72. The fourth-order valence-corrected chi connectivity index (χ4v) is 2.37. The van der Waals surface area contributed by atoms with E-state index in [0.717, 1.165) is 18.4 Å². The molecule has 0 saturated heterocycles. The highest BCUT2D eigenvalue weighted by Crippen LogP contribution is 2.30. The highest BCUT2D eigenvalue weighted by Gasteiger charge is 2.43. The van der Waals surface area contributed by atoms with E-state index in [1.54, 1.807) is 19.1 Å². The van der Waals surface area contributed by atoms with E-state index < -0.39 is 17.4 Å². The van der Waals surface area contributed by atoms with Crippen LogP contribution in [0.25, 0.3) is 0 Å². The number of aliphatic carboxylic acids is 1. The first-order valence-electron chi connectivity index (χ1n) is 6.03. The minimum atomic E-state index is -1.11. The number of carboxylic acids is 1. The Balaban J connectivity index is 2.21.